The van der Waals surface area contributed by atoms with Gasteiger partial charge in [-0.25, -0.2) is 0 Å². The van der Waals surface area contributed by atoms with Crippen LogP contribution in [0.4, 0.5) is 17.1 Å². The van der Waals surface area contributed by atoms with Gasteiger partial charge in [-0.05, 0) is 90.4 Å². The molecule has 0 spiro atoms. The highest BCUT2D eigenvalue weighted by atomic mass is 16.3. The molecule has 0 atom stereocenters. The minimum Gasteiger partial charge on any atom is -0.455 e. The number of benzene rings is 10. The summed E-state index contributed by atoms with van der Waals surface area (Å²) in [5, 5.41) is 14.4. The van der Waals surface area contributed by atoms with Crippen LogP contribution in [0, 0.1) is 0 Å². The highest BCUT2D eigenvalue weighted by molar-refractivity contribution is 6.21. The van der Waals surface area contributed by atoms with Crippen molar-refractivity contribution in [3.8, 4) is 11.1 Å². The zero-order valence-corrected chi connectivity index (χ0v) is 28.3. The van der Waals surface area contributed by atoms with Gasteiger partial charge in [-0.15, -0.1) is 0 Å². The van der Waals surface area contributed by atoms with Gasteiger partial charge in [-0.3, -0.25) is 0 Å². The lowest BCUT2D eigenvalue weighted by Gasteiger charge is -2.29. The molecule has 0 bridgehead atoms. The molecule has 2 nitrogen and oxygen atoms in total. The second-order valence-corrected chi connectivity index (χ2v) is 13.7. The summed E-state index contributed by atoms with van der Waals surface area (Å²) in [6.07, 6.45) is 0. The lowest BCUT2D eigenvalue weighted by molar-refractivity contribution is 0.670. The highest BCUT2D eigenvalue weighted by Gasteiger charge is 2.24. The molecule has 1 heterocycles. The molecule has 2 heteroatoms. The van der Waals surface area contributed by atoms with Gasteiger partial charge in [0.25, 0.3) is 0 Å². The van der Waals surface area contributed by atoms with Crippen molar-refractivity contribution in [2.24, 2.45) is 0 Å². The monoisotopic (exact) mass is 661 g/mol. The van der Waals surface area contributed by atoms with Crippen LogP contribution in [0.2, 0.25) is 0 Å². The summed E-state index contributed by atoms with van der Waals surface area (Å²) in [7, 11) is 0. The van der Waals surface area contributed by atoms with Crippen LogP contribution in [0.15, 0.2) is 192 Å². The van der Waals surface area contributed by atoms with Crippen LogP contribution in [0.25, 0.3) is 86.9 Å². The Morgan fingerprint density at radius 2 is 0.885 bits per heavy atom. The Bertz CT molecular complexity index is 3200. The molecule has 0 unspecified atom stereocenters. The predicted octanol–water partition coefficient (Wildman–Crippen LogP) is 14.5. The van der Waals surface area contributed by atoms with Gasteiger partial charge in [-0.1, -0.05) is 152 Å². The minimum absolute atomic E-state index is 0.874. The van der Waals surface area contributed by atoms with E-state index in [1.165, 1.54) is 53.9 Å². The summed E-state index contributed by atoms with van der Waals surface area (Å²) >= 11 is 0. The van der Waals surface area contributed by atoms with E-state index in [9.17, 15) is 0 Å². The van der Waals surface area contributed by atoms with Gasteiger partial charge in [0.15, 0.2) is 0 Å². The number of fused-ring (bicyclic) bond motifs is 10. The lowest BCUT2D eigenvalue weighted by atomic mass is 9.94. The Kier molecular flexibility index (Phi) is 6.28. The topological polar surface area (TPSA) is 16.4 Å². The average molecular weight is 662 g/mol. The Balaban J connectivity index is 1.28. The van der Waals surface area contributed by atoms with E-state index >= 15 is 0 Å². The molecule has 11 aromatic rings. The fraction of sp³-hybridized carbons (Fsp3) is 0. The Hall–Kier alpha value is -6.90. The third-order valence-electron chi connectivity index (χ3n) is 10.8. The van der Waals surface area contributed by atoms with Crippen LogP contribution in [0.1, 0.15) is 0 Å². The number of nitrogens with zero attached hydrogens (tertiary/aromatic N) is 1. The molecule has 242 valence electrons. The number of hydrogen-bond acceptors (Lipinski definition) is 2. The number of para-hydroxylation sites is 1. The van der Waals surface area contributed by atoms with E-state index in [2.05, 4.69) is 193 Å². The van der Waals surface area contributed by atoms with Crippen molar-refractivity contribution in [3.05, 3.63) is 188 Å². The second kappa shape index (κ2) is 11.3. The maximum Gasteiger partial charge on any atom is 0.145 e. The van der Waals surface area contributed by atoms with Crippen LogP contribution < -0.4 is 4.90 Å². The van der Waals surface area contributed by atoms with Crippen molar-refractivity contribution < 1.29 is 4.42 Å². The number of rotatable bonds is 4. The molecule has 0 aliphatic carbocycles. The quantitative estimate of drug-likeness (QED) is 0.175. The zero-order chi connectivity index (χ0) is 34.2. The molecule has 0 radical (unpaired) electrons. The summed E-state index contributed by atoms with van der Waals surface area (Å²) < 4.78 is 6.91. The van der Waals surface area contributed by atoms with Gasteiger partial charge in [0.1, 0.15) is 11.2 Å². The highest BCUT2D eigenvalue weighted by Crippen LogP contribution is 2.49. The van der Waals surface area contributed by atoms with Gasteiger partial charge in [0, 0.05) is 22.0 Å². The van der Waals surface area contributed by atoms with Crippen LogP contribution in [0.5, 0.6) is 0 Å². The van der Waals surface area contributed by atoms with Gasteiger partial charge >= 0.3 is 0 Å². The summed E-state index contributed by atoms with van der Waals surface area (Å²) in [6, 6.07) is 68.1. The molecule has 10 aromatic carbocycles. The second-order valence-electron chi connectivity index (χ2n) is 13.7. The van der Waals surface area contributed by atoms with Crippen LogP contribution in [-0.2, 0) is 0 Å². The zero-order valence-electron chi connectivity index (χ0n) is 28.3. The molecule has 0 amide bonds. The van der Waals surface area contributed by atoms with E-state index in [-0.39, 0.29) is 0 Å². The molecule has 0 saturated heterocycles. The first kappa shape index (κ1) is 28.9. The summed E-state index contributed by atoms with van der Waals surface area (Å²) in [5.41, 5.74) is 7.29. The van der Waals surface area contributed by atoms with Gasteiger partial charge in [-0.2, -0.15) is 0 Å². The molecular weight excluding hydrogens is 631 g/mol. The van der Waals surface area contributed by atoms with E-state index < -0.39 is 0 Å². The Morgan fingerprint density at radius 1 is 0.327 bits per heavy atom. The first-order valence-corrected chi connectivity index (χ1v) is 17.8. The van der Waals surface area contributed by atoms with Crippen LogP contribution >= 0.6 is 0 Å². The number of furan rings is 1. The Labute approximate surface area is 300 Å². The maximum absolute atomic E-state index is 6.91. The molecular formula is C50H31NO. The molecule has 1 aromatic heterocycles. The molecule has 11 rings (SSSR count). The normalized spacial score (nSPS) is 11.8. The van der Waals surface area contributed by atoms with E-state index in [0.29, 0.717) is 0 Å². The smallest absolute Gasteiger partial charge is 0.145 e. The number of anilines is 3. The average Bonchev–Trinajstić information content (AvgIpc) is 3.61. The predicted molar refractivity (Wildman–Crippen MR) is 221 cm³/mol. The lowest BCUT2D eigenvalue weighted by Crippen LogP contribution is -2.11. The first-order chi connectivity index (χ1) is 25.8. The van der Waals surface area contributed by atoms with Crippen LogP contribution in [-0.4, -0.2) is 0 Å². The SMILES string of the molecule is c1ccc2c(-c3ccc(N(c4ccc5ccc6ccccc6c5c4)c4cccc5ccc6ccccc6c45)c4c3oc3ccccc34)cccc2c1. The van der Waals surface area contributed by atoms with E-state index in [0.717, 1.165) is 50.1 Å². The van der Waals surface area contributed by atoms with Gasteiger partial charge in [0.2, 0.25) is 0 Å². The van der Waals surface area contributed by atoms with E-state index in [1.54, 1.807) is 0 Å². The molecule has 0 saturated carbocycles. The summed E-state index contributed by atoms with van der Waals surface area (Å²) in [6.45, 7) is 0. The molecule has 52 heavy (non-hydrogen) atoms. The van der Waals surface area contributed by atoms with Crippen molar-refractivity contribution in [3.63, 3.8) is 0 Å². The van der Waals surface area contributed by atoms with Crippen molar-refractivity contribution in [2.45, 2.75) is 0 Å². The maximum atomic E-state index is 6.91. The number of hydrogen-bond donors (Lipinski definition) is 0. The van der Waals surface area contributed by atoms with Crippen molar-refractivity contribution in [2.75, 3.05) is 4.90 Å². The van der Waals surface area contributed by atoms with Gasteiger partial charge in [0.05, 0.1) is 16.8 Å². The fourth-order valence-corrected chi connectivity index (χ4v) is 8.43. The van der Waals surface area contributed by atoms with Crippen molar-refractivity contribution >= 4 is 92.9 Å². The van der Waals surface area contributed by atoms with E-state index in [4.69, 9.17) is 4.42 Å². The molecule has 0 aliphatic heterocycles. The summed E-state index contributed by atoms with van der Waals surface area (Å²) in [5.74, 6) is 0. The largest absolute Gasteiger partial charge is 0.455 e. The standard InChI is InChI=1S/C50H31NO/c1-4-16-38-32(11-1)14-9-20-41(38)42-29-30-46(49-43-19-7-8-22-47(43)52-50(42)49)51(37-28-27-35-24-23-33-12-2-5-17-39(33)44(35)31-37)45-21-10-15-36-26-25-34-13-3-6-18-40(34)48(36)45/h1-31H. The van der Waals surface area contributed by atoms with E-state index in [1.807, 2.05) is 0 Å². The third-order valence-corrected chi connectivity index (χ3v) is 10.8. The van der Waals surface area contributed by atoms with Crippen LogP contribution in [0.3, 0.4) is 0 Å². The third kappa shape index (κ3) is 4.31. The first-order valence-electron chi connectivity index (χ1n) is 17.8. The minimum atomic E-state index is 0.874. The molecule has 0 fully saturated rings. The van der Waals surface area contributed by atoms with Gasteiger partial charge < -0.3 is 9.32 Å². The van der Waals surface area contributed by atoms with Crippen molar-refractivity contribution in [1.82, 2.24) is 0 Å². The fourth-order valence-electron chi connectivity index (χ4n) is 8.43. The van der Waals surface area contributed by atoms with Crippen molar-refractivity contribution in [1.29, 1.82) is 0 Å². The summed E-state index contributed by atoms with van der Waals surface area (Å²) in [4.78, 5) is 2.47. The molecule has 0 N–H and O–H groups in total. The molecule has 0 aliphatic rings. The Morgan fingerprint density at radius 3 is 1.71 bits per heavy atom.